The molecule has 3 rings (SSSR count). The first-order chi connectivity index (χ1) is 12.2. The van der Waals surface area contributed by atoms with E-state index >= 15 is 0 Å². The van der Waals surface area contributed by atoms with Crippen LogP contribution in [0.2, 0.25) is 5.02 Å². The lowest BCUT2D eigenvalue weighted by atomic mass is 10.0. The van der Waals surface area contributed by atoms with Crippen molar-refractivity contribution in [1.82, 2.24) is 14.9 Å². The first-order valence-corrected chi connectivity index (χ1v) is 10.7. The van der Waals surface area contributed by atoms with Crippen LogP contribution < -0.4 is 10.6 Å². The second kappa shape index (κ2) is 7.54. The number of sulfonamides is 1. The number of halogens is 1. The Morgan fingerprint density at radius 2 is 2.08 bits per heavy atom. The van der Waals surface area contributed by atoms with Gasteiger partial charge in [-0.2, -0.15) is 4.31 Å². The van der Waals surface area contributed by atoms with Crippen molar-refractivity contribution in [2.45, 2.75) is 25.4 Å². The molecule has 1 aromatic carbocycles. The van der Waals surface area contributed by atoms with Gasteiger partial charge in [0.25, 0.3) is 0 Å². The number of benzene rings is 1. The summed E-state index contributed by atoms with van der Waals surface area (Å²) in [4.78, 5) is 24.5. The van der Waals surface area contributed by atoms with E-state index in [0.717, 1.165) is 11.8 Å². The van der Waals surface area contributed by atoms with Crippen LogP contribution in [0, 0.1) is 11.8 Å². The molecule has 3 atom stereocenters. The Labute approximate surface area is 158 Å². The molecule has 1 heterocycles. The fourth-order valence-electron chi connectivity index (χ4n) is 3.68. The monoisotopic (exact) mass is 399 g/mol. The van der Waals surface area contributed by atoms with Crippen molar-refractivity contribution in [3.63, 3.8) is 0 Å². The Kier molecular flexibility index (Phi) is 5.55. The van der Waals surface area contributed by atoms with E-state index < -0.39 is 10.0 Å². The van der Waals surface area contributed by atoms with Crippen molar-refractivity contribution in [3.05, 3.63) is 34.9 Å². The lowest BCUT2D eigenvalue weighted by molar-refractivity contribution is -0.125. The number of nitrogens with one attached hydrogen (secondary N) is 2. The van der Waals surface area contributed by atoms with Crippen molar-refractivity contribution in [3.8, 4) is 0 Å². The molecule has 0 spiro atoms. The van der Waals surface area contributed by atoms with E-state index in [-0.39, 0.29) is 42.8 Å². The Hall–Kier alpha value is -1.64. The summed E-state index contributed by atoms with van der Waals surface area (Å²) < 4.78 is 24.9. The molecule has 2 aliphatic rings. The zero-order chi connectivity index (χ0) is 18.9. The van der Waals surface area contributed by atoms with E-state index in [1.807, 2.05) is 18.2 Å². The molecule has 0 radical (unpaired) electrons. The lowest BCUT2D eigenvalue weighted by Crippen LogP contribution is -2.39. The third kappa shape index (κ3) is 4.36. The van der Waals surface area contributed by atoms with Gasteiger partial charge in [-0.1, -0.05) is 29.8 Å². The molecule has 26 heavy (non-hydrogen) atoms. The van der Waals surface area contributed by atoms with Gasteiger partial charge in [0.2, 0.25) is 21.8 Å². The van der Waals surface area contributed by atoms with E-state index in [9.17, 15) is 18.0 Å². The standard InChI is InChI=1S/C17H22ClN3O4S/c1-26(24,25)21-9-13-6-12(7-15(13)20-16(22)10-21)17(23)19-8-11-4-2-3-5-14(11)18/h2-5,12-13,15H,6-10H2,1H3,(H,19,23)(H,20,22)/t12-,13+,15+/m0/s1. The Morgan fingerprint density at radius 1 is 1.35 bits per heavy atom. The molecule has 0 unspecified atom stereocenters. The Balaban J connectivity index is 1.63. The molecule has 0 aromatic heterocycles. The van der Waals surface area contributed by atoms with Gasteiger partial charge in [0.15, 0.2) is 0 Å². The van der Waals surface area contributed by atoms with E-state index in [4.69, 9.17) is 11.6 Å². The van der Waals surface area contributed by atoms with Gasteiger partial charge in [-0.3, -0.25) is 9.59 Å². The summed E-state index contributed by atoms with van der Waals surface area (Å²) in [7, 11) is -3.45. The topological polar surface area (TPSA) is 95.6 Å². The summed E-state index contributed by atoms with van der Waals surface area (Å²) in [5.74, 6) is -0.738. The third-order valence-electron chi connectivity index (χ3n) is 5.05. The molecule has 1 saturated heterocycles. The number of amides is 2. The number of carbonyl (C=O) groups excluding carboxylic acids is 2. The average molecular weight is 400 g/mol. The van der Waals surface area contributed by atoms with Gasteiger partial charge >= 0.3 is 0 Å². The van der Waals surface area contributed by atoms with Crippen LogP contribution in [0.3, 0.4) is 0 Å². The van der Waals surface area contributed by atoms with Crippen molar-refractivity contribution in [1.29, 1.82) is 0 Å². The first kappa shape index (κ1) is 19.1. The molecule has 0 bridgehead atoms. The molecule has 2 fully saturated rings. The second-order valence-electron chi connectivity index (χ2n) is 6.97. The number of hydrogen-bond donors (Lipinski definition) is 2. The van der Waals surface area contributed by atoms with E-state index in [2.05, 4.69) is 10.6 Å². The van der Waals surface area contributed by atoms with Crippen molar-refractivity contribution in [2.75, 3.05) is 19.3 Å². The Morgan fingerprint density at radius 3 is 2.77 bits per heavy atom. The molecule has 9 heteroatoms. The summed E-state index contributed by atoms with van der Waals surface area (Å²) in [5, 5.41) is 6.35. The molecule has 1 aliphatic heterocycles. The lowest BCUT2D eigenvalue weighted by Gasteiger charge is -2.20. The molecule has 1 aromatic rings. The summed E-state index contributed by atoms with van der Waals surface area (Å²) in [6, 6.07) is 7.13. The van der Waals surface area contributed by atoms with Gasteiger partial charge in [0.1, 0.15) is 0 Å². The number of rotatable bonds is 4. The van der Waals surface area contributed by atoms with Crippen LogP contribution in [0.1, 0.15) is 18.4 Å². The van der Waals surface area contributed by atoms with Crippen molar-refractivity contribution in [2.24, 2.45) is 11.8 Å². The van der Waals surface area contributed by atoms with Crippen LogP contribution in [0.15, 0.2) is 24.3 Å². The highest BCUT2D eigenvalue weighted by atomic mass is 35.5. The summed E-state index contributed by atoms with van der Waals surface area (Å²) >= 11 is 6.10. The van der Waals surface area contributed by atoms with Crippen LogP contribution in [0.4, 0.5) is 0 Å². The summed E-state index contributed by atoms with van der Waals surface area (Å²) in [5.41, 5.74) is 0.839. The average Bonchev–Trinajstić information content (AvgIpc) is 2.87. The minimum atomic E-state index is -3.45. The predicted molar refractivity (Wildman–Crippen MR) is 97.9 cm³/mol. The quantitative estimate of drug-likeness (QED) is 0.780. The zero-order valence-corrected chi connectivity index (χ0v) is 16.0. The van der Waals surface area contributed by atoms with E-state index in [1.165, 1.54) is 4.31 Å². The fourth-order valence-corrected chi connectivity index (χ4v) is 4.69. The Bertz CT molecular complexity index is 814. The highest BCUT2D eigenvalue weighted by Gasteiger charge is 2.42. The number of nitrogens with zero attached hydrogens (tertiary/aromatic N) is 1. The number of hydrogen-bond acceptors (Lipinski definition) is 4. The largest absolute Gasteiger partial charge is 0.352 e. The molecule has 2 amide bonds. The van der Waals surface area contributed by atoms with Gasteiger partial charge < -0.3 is 10.6 Å². The molecule has 1 aliphatic carbocycles. The smallest absolute Gasteiger partial charge is 0.235 e. The normalized spacial score (nSPS) is 26.7. The maximum Gasteiger partial charge on any atom is 0.235 e. The molecule has 7 nitrogen and oxygen atoms in total. The highest BCUT2D eigenvalue weighted by Crippen LogP contribution is 2.34. The van der Waals surface area contributed by atoms with Crippen LogP contribution in [-0.4, -0.2) is 49.9 Å². The summed E-state index contributed by atoms with van der Waals surface area (Å²) in [6.07, 6.45) is 2.16. The first-order valence-electron chi connectivity index (χ1n) is 8.49. The maximum atomic E-state index is 12.5. The van der Waals surface area contributed by atoms with E-state index in [0.29, 0.717) is 24.4 Å². The maximum absolute atomic E-state index is 12.5. The van der Waals surface area contributed by atoms with Crippen LogP contribution in [0.5, 0.6) is 0 Å². The predicted octanol–water partition coefficient (Wildman–Crippen LogP) is 0.742. The van der Waals surface area contributed by atoms with Gasteiger partial charge in [0, 0.05) is 30.1 Å². The number of carbonyl (C=O) groups is 2. The molecule has 142 valence electrons. The summed E-state index contributed by atoms with van der Waals surface area (Å²) in [6.45, 7) is 0.442. The molecule has 2 N–H and O–H groups in total. The van der Waals surface area contributed by atoms with Crippen molar-refractivity contribution < 1.29 is 18.0 Å². The van der Waals surface area contributed by atoms with Crippen molar-refractivity contribution >= 4 is 33.4 Å². The molecular weight excluding hydrogens is 378 g/mol. The van der Waals surface area contributed by atoms with Gasteiger partial charge in [-0.15, -0.1) is 0 Å². The zero-order valence-electron chi connectivity index (χ0n) is 14.4. The minimum Gasteiger partial charge on any atom is -0.352 e. The SMILES string of the molecule is CS(=O)(=O)N1CC(=O)N[C@@H]2C[C@@H](C(=O)NCc3ccccc3Cl)C[C@@H]2C1. The van der Waals surface area contributed by atoms with Crippen LogP contribution in [0.25, 0.3) is 0 Å². The van der Waals surface area contributed by atoms with Crippen LogP contribution >= 0.6 is 11.6 Å². The van der Waals surface area contributed by atoms with Gasteiger partial charge in [-0.25, -0.2) is 8.42 Å². The van der Waals surface area contributed by atoms with Crippen LogP contribution in [-0.2, 0) is 26.2 Å². The van der Waals surface area contributed by atoms with Gasteiger partial charge in [-0.05, 0) is 30.4 Å². The molecular formula is C17H22ClN3O4S. The molecule has 1 saturated carbocycles. The highest BCUT2D eigenvalue weighted by molar-refractivity contribution is 7.88. The van der Waals surface area contributed by atoms with E-state index in [1.54, 1.807) is 6.07 Å². The minimum absolute atomic E-state index is 0.0627. The van der Waals surface area contributed by atoms with Gasteiger partial charge in [0.05, 0.1) is 12.8 Å². The third-order valence-corrected chi connectivity index (χ3v) is 6.63. The number of fused-ring (bicyclic) bond motifs is 1. The second-order valence-corrected chi connectivity index (χ2v) is 9.36. The fraction of sp³-hybridized carbons (Fsp3) is 0.529.